The van der Waals surface area contributed by atoms with Gasteiger partial charge in [0.2, 0.25) is 5.91 Å². The van der Waals surface area contributed by atoms with Crippen molar-refractivity contribution in [3.8, 4) is 0 Å². The Morgan fingerprint density at radius 2 is 1.68 bits per heavy atom. The molecule has 0 unspecified atom stereocenters. The van der Waals surface area contributed by atoms with E-state index in [4.69, 9.17) is 32.9 Å². The minimum atomic E-state index is -0.642. The second-order valence-corrected chi connectivity index (χ2v) is 13.8. The SMILES string of the molecule is CC(C)C1=C(C(=O)N2[C@@H]3COC[C@@H]3C[C@H]2C(=O)N(C)C)SC2=N[C@@](C)(c3ccc(Cl)cc3)[C@@H](c3ccc(Cl)cc3)N21. The molecule has 2 aromatic rings. The summed E-state index contributed by atoms with van der Waals surface area (Å²) in [4.78, 5) is 39.4. The van der Waals surface area contributed by atoms with Gasteiger partial charge in [0.1, 0.15) is 16.5 Å². The molecule has 2 amide bonds. The summed E-state index contributed by atoms with van der Waals surface area (Å²) in [6.07, 6.45) is 0.620. The molecule has 2 saturated heterocycles. The monoisotopic (exact) mass is 612 g/mol. The number of benzene rings is 2. The molecule has 4 aliphatic rings. The van der Waals surface area contributed by atoms with Crippen molar-refractivity contribution >= 4 is 51.9 Å². The van der Waals surface area contributed by atoms with Gasteiger partial charge in [-0.15, -0.1) is 0 Å². The zero-order valence-electron chi connectivity index (χ0n) is 23.8. The number of allylic oxidation sites excluding steroid dienone is 1. The highest BCUT2D eigenvalue weighted by Gasteiger charge is 2.56. The molecule has 6 rings (SSSR count). The minimum Gasteiger partial charge on any atom is -0.379 e. The number of amidine groups is 1. The summed E-state index contributed by atoms with van der Waals surface area (Å²) >= 11 is 14.0. The molecule has 7 nitrogen and oxygen atoms in total. The summed E-state index contributed by atoms with van der Waals surface area (Å²) < 4.78 is 5.77. The first-order valence-electron chi connectivity index (χ1n) is 14.0. The Labute approximate surface area is 255 Å². The van der Waals surface area contributed by atoms with Crippen molar-refractivity contribution in [3.63, 3.8) is 0 Å². The molecule has 0 aliphatic carbocycles. The van der Waals surface area contributed by atoms with Gasteiger partial charge in [0.05, 0.1) is 25.3 Å². The number of hydrogen-bond donors (Lipinski definition) is 0. The van der Waals surface area contributed by atoms with Crippen LogP contribution in [0.1, 0.15) is 44.4 Å². The number of aliphatic imine (C=N–C) groups is 1. The maximum atomic E-state index is 14.5. The minimum absolute atomic E-state index is 0.0257. The average molecular weight is 614 g/mol. The number of likely N-dealkylation sites (N-methyl/N-ethyl adjacent to an activating group) is 1. The van der Waals surface area contributed by atoms with Gasteiger partial charge in [0.15, 0.2) is 5.17 Å². The van der Waals surface area contributed by atoms with Crippen LogP contribution in [0.3, 0.4) is 0 Å². The van der Waals surface area contributed by atoms with E-state index in [1.54, 1.807) is 19.0 Å². The number of thioether (sulfide) groups is 1. The van der Waals surface area contributed by atoms with Crippen LogP contribution in [0.5, 0.6) is 0 Å². The molecule has 4 heterocycles. The van der Waals surface area contributed by atoms with Gasteiger partial charge < -0.3 is 19.4 Å². The predicted molar refractivity (Wildman–Crippen MR) is 164 cm³/mol. The molecule has 0 N–H and O–H groups in total. The van der Waals surface area contributed by atoms with Gasteiger partial charge in [0, 0.05) is 35.8 Å². The van der Waals surface area contributed by atoms with E-state index >= 15 is 0 Å². The molecule has 41 heavy (non-hydrogen) atoms. The van der Waals surface area contributed by atoms with Crippen LogP contribution in [0.4, 0.5) is 0 Å². The lowest BCUT2D eigenvalue weighted by molar-refractivity contribution is -0.142. The zero-order valence-corrected chi connectivity index (χ0v) is 26.1. The average Bonchev–Trinajstić information content (AvgIpc) is 3.67. The second-order valence-electron chi connectivity index (χ2n) is 11.9. The summed E-state index contributed by atoms with van der Waals surface area (Å²) in [5.41, 5.74) is 2.36. The maximum absolute atomic E-state index is 14.5. The van der Waals surface area contributed by atoms with E-state index in [2.05, 4.69) is 25.7 Å². The molecule has 0 bridgehead atoms. The van der Waals surface area contributed by atoms with Crippen LogP contribution in [0, 0.1) is 11.8 Å². The molecule has 0 aromatic heterocycles. The summed E-state index contributed by atoms with van der Waals surface area (Å²) in [7, 11) is 3.50. The fourth-order valence-electron chi connectivity index (χ4n) is 6.74. The van der Waals surface area contributed by atoms with Crippen molar-refractivity contribution in [2.75, 3.05) is 27.3 Å². The lowest BCUT2D eigenvalue weighted by atomic mass is 9.81. The number of hydrogen-bond acceptors (Lipinski definition) is 6. The maximum Gasteiger partial charge on any atom is 0.263 e. The van der Waals surface area contributed by atoms with Gasteiger partial charge in [-0.25, -0.2) is 4.99 Å². The zero-order chi connectivity index (χ0) is 29.2. The third-order valence-electron chi connectivity index (χ3n) is 8.71. The van der Waals surface area contributed by atoms with Crippen molar-refractivity contribution in [2.45, 2.75) is 50.9 Å². The van der Waals surface area contributed by atoms with Crippen molar-refractivity contribution in [1.29, 1.82) is 0 Å². The van der Waals surface area contributed by atoms with Crippen LogP contribution < -0.4 is 0 Å². The summed E-state index contributed by atoms with van der Waals surface area (Å²) in [6, 6.07) is 14.9. The first kappa shape index (κ1) is 28.6. The Balaban J connectivity index is 1.46. The lowest BCUT2D eigenvalue weighted by Gasteiger charge is -2.37. The van der Waals surface area contributed by atoms with Crippen LogP contribution >= 0.6 is 35.0 Å². The first-order valence-corrected chi connectivity index (χ1v) is 15.5. The van der Waals surface area contributed by atoms with E-state index in [1.165, 1.54) is 11.8 Å². The highest BCUT2D eigenvalue weighted by Crippen LogP contribution is 2.56. The Kier molecular flexibility index (Phi) is 7.42. The van der Waals surface area contributed by atoms with Gasteiger partial charge in [-0.1, -0.05) is 61.3 Å². The summed E-state index contributed by atoms with van der Waals surface area (Å²) in [5.74, 6) is 0.0268. The third kappa shape index (κ3) is 4.67. The topological polar surface area (TPSA) is 65.5 Å². The molecule has 2 aromatic carbocycles. The molecule has 4 aliphatic heterocycles. The quantitative estimate of drug-likeness (QED) is 0.418. The van der Waals surface area contributed by atoms with E-state index in [9.17, 15) is 9.59 Å². The summed E-state index contributed by atoms with van der Waals surface area (Å²) in [5, 5.41) is 2.10. The van der Waals surface area contributed by atoms with Crippen LogP contribution in [0.25, 0.3) is 0 Å². The molecule has 0 saturated carbocycles. The van der Waals surface area contributed by atoms with Gasteiger partial charge in [0.25, 0.3) is 5.91 Å². The van der Waals surface area contributed by atoms with Crippen molar-refractivity contribution in [3.05, 3.63) is 80.3 Å². The molecule has 216 valence electrons. The van der Waals surface area contributed by atoms with Crippen LogP contribution in [-0.2, 0) is 19.9 Å². The smallest absolute Gasteiger partial charge is 0.263 e. The number of carbonyl (C=O) groups is 2. The van der Waals surface area contributed by atoms with E-state index in [0.29, 0.717) is 34.6 Å². The lowest BCUT2D eigenvalue weighted by Crippen LogP contribution is -2.50. The number of fused-ring (bicyclic) bond motifs is 2. The van der Waals surface area contributed by atoms with Crippen molar-refractivity contribution < 1.29 is 14.3 Å². The molecule has 0 radical (unpaired) electrons. The standard InChI is InChI=1S/C31H34Cl2N4O3S/c1-17(2)25-26(29(39)36-23(28(38)35(4)5)14-19-15-40-16-24(19)36)41-30-34-31(3,20-8-12-22(33)13-9-20)27(37(25)30)18-6-10-21(32)11-7-18/h6-13,17,19,23-24,27H,14-16H2,1-5H3/t19-,23-,24+,27+,31-/m0/s1. The van der Waals surface area contributed by atoms with E-state index in [-0.39, 0.29) is 35.7 Å². The largest absolute Gasteiger partial charge is 0.379 e. The number of likely N-dealkylation sites (tertiary alicyclic amines) is 1. The third-order valence-corrected chi connectivity index (χ3v) is 10.3. The van der Waals surface area contributed by atoms with Crippen molar-refractivity contribution in [2.24, 2.45) is 16.8 Å². The van der Waals surface area contributed by atoms with Gasteiger partial charge >= 0.3 is 0 Å². The fourth-order valence-corrected chi connectivity index (χ4v) is 8.35. The van der Waals surface area contributed by atoms with E-state index in [1.807, 2.05) is 53.4 Å². The number of nitrogens with zero attached hydrogens (tertiary/aromatic N) is 4. The van der Waals surface area contributed by atoms with Crippen LogP contribution in [0.15, 0.2) is 64.1 Å². The van der Waals surface area contributed by atoms with Gasteiger partial charge in [-0.2, -0.15) is 0 Å². The Morgan fingerprint density at radius 1 is 1.05 bits per heavy atom. The summed E-state index contributed by atoms with van der Waals surface area (Å²) in [6.45, 7) is 7.38. The normalized spacial score (nSPS) is 28.8. The highest BCUT2D eigenvalue weighted by molar-refractivity contribution is 8.18. The second kappa shape index (κ2) is 10.6. The molecular formula is C31H34Cl2N4O3S. The van der Waals surface area contributed by atoms with E-state index in [0.717, 1.165) is 22.0 Å². The number of rotatable bonds is 5. The Hall–Kier alpha value is -2.52. The van der Waals surface area contributed by atoms with Gasteiger partial charge in [-0.3, -0.25) is 9.59 Å². The van der Waals surface area contributed by atoms with Crippen LogP contribution in [-0.4, -0.2) is 71.1 Å². The van der Waals surface area contributed by atoms with Crippen molar-refractivity contribution in [1.82, 2.24) is 14.7 Å². The number of carbonyl (C=O) groups excluding carboxylic acids is 2. The molecule has 0 spiro atoms. The Bertz CT molecular complexity index is 1440. The number of ether oxygens (including phenoxy) is 1. The number of amides is 2. The van der Waals surface area contributed by atoms with E-state index < -0.39 is 11.6 Å². The molecule has 2 fully saturated rings. The van der Waals surface area contributed by atoms with Gasteiger partial charge in [-0.05, 0) is 66.4 Å². The highest BCUT2D eigenvalue weighted by atomic mass is 35.5. The Morgan fingerprint density at radius 3 is 2.29 bits per heavy atom. The molecule has 5 atom stereocenters. The predicted octanol–water partition coefficient (Wildman–Crippen LogP) is 5.94. The number of halogens is 2. The fraction of sp³-hybridized carbons (Fsp3) is 0.452. The molecule has 10 heteroatoms. The molecular weight excluding hydrogens is 579 g/mol. The first-order chi connectivity index (χ1) is 19.5. The van der Waals surface area contributed by atoms with Crippen LogP contribution in [0.2, 0.25) is 10.0 Å².